The first-order valence-electron chi connectivity index (χ1n) is 10.8. The molecule has 5 nitrogen and oxygen atoms in total. The van der Waals surface area contributed by atoms with Crippen molar-refractivity contribution in [2.75, 3.05) is 5.32 Å². The topological polar surface area (TPSA) is 75.6 Å². The molecule has 2 N–H and O–H groups in total. The summed E-state index contributed by atoms with van der Waals surface area (Å²) in [4.78, 5) is 25.5. The van der Waals surface area contributed by atoms with Crippen LogP contribution in [-0.4, -0.2) is 23.2 Å². The number of aliphatic hydroxyl groups excluding tert-OH is 1. The van der Waals surface area contributed by atoms with Gasteiger partial charge in [0.15, 0.2) is 5.78 Å². The van der Waals surface area contributed by atoms with Crippen LogP contribution in [0.15, 0.2) is 103 Å². The molecule has 0 saturated heterocycles. The smallest absolute Gasteiger partial charge is 0.405 e. The summed E-state index contributed by atoms with van der Waals surface area (Å²) in [7, 11) is 0. The van der Waals surface area contributed by atoms with Gasteiger partial charge in [-0.2, -0.15) is 0 Å². The van der Waals surface area contributed by atoms with Crippen molar-refractivity contribution in [1.29, 1.82) is 0 Å². The molecule has 4 aromatic carbocycles. The second-order valence-corrected chi connectivity index (χ2v) is 7.83. The lowest BCUT2D eigenvalue weighted by molar-refractivity contribution is -0.275. The van der Waals surface area contributed by atoms with E-state index in [9.17, 15) is 27.9 Å². The maximum absolute atomic E-state index is 12.9. The van der Waals surface area contributed by atoms with E-state index in [1.54, 1.807) is 30.3 Å². The van der Waals surface area contributed by atoms with Crippen molar-refractivity contribution in [2.24, 2.45) is 0 Å². The molecule has 0 bridgehead atoms. The van der Waals surface area contributed by atoms with Gasteiger partial charge in [-0.15, -0.1) is 13.2 Å². The van der Waals surface area contributed by atoms with Crippen LogP contribution in [0.4, 0.5) is 18.9 Å². The average Bonchev–Trinajstić information content (AvgIpc) is 2.88. The number of aliphatic hydroxyl groups is 1. The molecular weight excluding hydrogens is 471 g/mol. The summed E-state index contributed by atoms with van der Waals surface area (Å²) in [6.45, 7) is 0. The van der Waals surface area contributed by atoms with E-state index in [0.29, 0.717) is 5.69 Å². The van der Waals surface area contributed by atoms with Gasteiger partial charge in [-0.25, -0.2) is 0 Å². The van der Waals surface area contributed by atoms with E-state index >= 15 is 0 Å². The molecule has 0 aliphatic carbocycles. The summed E-state index contributed by atoms with van der Waals surface area (Å²) in [5.41, 5.74) is 1.94. The third-order valence-corrected chi connectivity index (χ3v) is 5.35. The minimum absolute atomic E-state index is 0.0634. The summed E-state index contributed by atoms with van der Waals surface area (Å²) in [6, 6.07) is 27.3. The molecule has 182 valence electrons. The van der Waals surface area contributed by atoms with Crippen LogP contribution in [0.1, 0.15) is 32.4 Å². The molecule has 36 heavy (non-hydrogen) atoms. The quantitative estimate of drug-likeness (QED) is 0.293. The Bertz CT molecular complexity index is 1360. The Balaban J connectivity index is 1.59. The largest absolute Gasteiger partial charge is 0.573 e. The number of amides is 1. The van der Waals surface area contributed by atoms with Crippen LogP contribution in [0.25, 0.3) is 11.1 Å². The number of rotatable bonds is 7. The molecule has 0 fully saturated rings. The van der Waals surface area contributed by atoms with Gasteiger partial charge in [0.25, 0.3) is 5.91 Å². The zero-order valence-corrected chi connectivity index (χ0v) is 18.7. The van der Waals surface area contributed by atoms with Crippen LogP contribution in [0.3, 0.4) is 0 Å². The van der Waals surface area contributed by atoms with Gasteiger partial charge in [-0.1, -0.05) is 72.8 Å². The molecular formula is C28H20F3NO4. The Morgan fingerprint density at radius 3 is 1.94 bits per heavy atom. The first-order valence-corrected chi connectivity index (χ1v) is 10.8. The van der Waals surface area contributed by atoms with E-state index in [1.165, 1.54) is 12.1 Å². The van der Waals surface area contributed by atoms with Crippen molar-refractivity contribution >= 4 is 17.4 Å². The molecule has 4 aromatic rings. The molecule has 0 aromatic heterocycles. The Hall–Kier alpha value is -4.43. The molecule has 4 rings (SSSR count). The maximum Gasteiger partial charge on any atom is 0.573 e. The number of Topliss-reactive ketones (excluding diaryl/α,β-unsaturated/α-hetero) is 1. The standard InChI is InChI=1S/C28H20F3NO4/c29-28(30,31)36-24-16-13-21(17-23(24)26(34)25(33)20-9-5-2-6-10-20)27(35)32-22-14-11-19(12-15-22)18-7-3-1-4-8-18/h1-17,26,34H,(H,32,35). The van der Waals surface area contributed by atoms with Gasteiger partial charge in [0.2, 0.25) is 0 Å². The first-order chi connectivity index (χ1) is 17.2. The molecule has 8 heteroatoms. The molecule has 1 atom stereocenters. The van der Waals surface area contributed by atoms with Crippen LogP contribution < -0.4 is 10.1 Å². The summed E-state index contributed by atoms with van der Waals surface area (Å²) < 4.78 is 42.8. The Morgan fingerprint density at radius 2 is 1.33 bits per heavy atom. The SMILES string of the molecule is O=C(Nc1ccc(-c2ccccc2)cc1)c1ccc(OC(F)(F)F)c(C(O)C(=O)c2ccccc2)c1. The zero-order valence-electron chi connectivity index (χ0n) is 18.7. The Labute approximate surface area is 204 Å². The fraction of sp³-hybridized carbons (Fsp3) is 0.0714. The highest BCUT2D eigenvalue weighted by Gasteiger charge is 2.34. The molecule has 1 unspecified atom stereocenters. The van der Waals surface area contributed by atoms with Gasteiger partial charge in [0, 0.05) is 22.4 Å². The van der Waals surface area contributed by atoms with Gasteiger partial charge < -0.3 is 15.2 Å². The Morgan fingerprint density at radius 1 is 0.750 bits per heavy atom. The predicted octanol–water partition coefficient (Wildman–Crippen LogP) is 6.42. The highest BCUT2D eigenvalue weighted by Crippen LogP contribution is 2.33. The lowest BCUT2D eigenvalue weighted by Gasteiger charge is -2.18. The normalized spacial score (nSPS) is 12.0. The third kappa shape index (κ3) is 5.97. The number of hydrogen-bond acceptors (Lipinski definition) is 4. The minimum atomic E-state index is -5.06. The summed E-state index contributed by atoms with van der Waals surface area (Å²) in [5, 5.41) is 13.3. The van der Waals surface area contributed by atoms with Gasteiger partial charge in [0.1, 0.15) is 11.9 Å². The number of nitrogens with one attached hydrogen (secondary N) is 1. The Kier molecular flexibility index (Phi) is 7.17. The van der Waals surface area contributed by atoms with E-state index in [2.05, 4.69) is 10.1 Å². The van der Waals surface area contributed by atoms with Gasteiger partial charge in [0.05, 0.1) is 0 Å². The molecule has 0 radical (unpaired) electrons. The first kappa shape index (κ1) is 24.7. The lowest BCUT2D eigenvalue weighted by atomic mass is 9.97. The van der Waals surface area contributed by atoms with Crippen LogP contribution in [0, 0.1) is 0 Å². The summed E-state index contributed by atoms with van der Waals surface area (Å²) in [5.74, 6) is -2.25. The molecule has 0 spiro atoms. The zero-order chi connectivity index (χ0) is 25.7. The summed E-state index contributed by atoms with van der Waals surface area (Å²) in [6.07, 6.45) is -7.04. The molecule has 0 aliphatic heterocycles. The average molecular weight is 491 g/mol. The van der Waals surface area contributed by atoms with Gasteiger partial charge in [-0.05, 0) is 41.5 Å². The van der Waals surface area contributed by atoms with Crippen molar-refractivity contribution in [3.8, 4) is 16.9 Å². The molecule has 0 heterocycles. The van der Waals surface area contributed by atoms with Crippen molar-refractivity contribution < 1.29 is 32.6 Å². The second-order valence-electron chi connectivity index (χ2n) is 7.83. The number of carbonyl (C=O) groups excluding carboxylic acids is 2. The number of anilines is 1. The van der Waals surface area contributed by atoms with E-state index < -0.39 is 35.5 Å². The highest BCUT2D eigenvalue weighted by atomic mass is 19.4. The molecule has 0 aliphatic rings. The summed E-state index contributed by atoms with van der Waals surface area (Å²) >= 11 is 0. The number of ether oxygens (including phenoxy) is 1. The van der Waals surface area contributed by atoms with Crippen LogP contribution in [0.2, 0.25) is 0 Å². The van der Waals surface area contributed by atoms with Crippen molar-refractivity contribution in [2.45, 2.75) is 12.5 Å². The van der Waals surface area contributed by atoms with Crippen molar-refractivity contribution in [1.82, 2.24) is 0 Å². The fourth-order valence-electron chi connectivity index (χ4n) is 3.60. The number of carbonyl (C=O) groups is 2. The fourth-order valence-corrected chi connectivity index (χ4v) is 3.60. The second kappa shape index (κ2) is 10.5. The van der Waals surface area contributed by atoms with E-state index in [0.717, 1.165) is 29.3 Å². The highest BCUT2D eigenvalue weighted by molar-refractivity contribution is 6.05. The third-order valence-electron chi connectivity index (χ3n) is 5.35. The molecule has 0 saturated carbocycles. The number of ketones is 1. The van der Waals surface area contributed by atoms with Crippen molar-refractivity contribution in [3.05, 3.63) is 120 Å². The number of benzene rings is 4. The predicted molar refractivity (Wildman–Crippen MR) is 129 cm³/mol. The number of alkyl halides is 3. The van der Waals surface area contributed by atoms with Crippen LogP contribution >= 0.6 is 0 Å². The van der Waals surface area contributed by atoms with Gasteiger partial charge in [-0.3, -0.25) is 9.59 Å². The lowest BCUT2D eigenvalue weighted by Crippen LogP contribution is -2.21. The monoisotopic (exact) mass is 491 g/mol. The number of hydrogen-bond donors (Lipinski definition) is 2. The van der Waals surface area contributed by atoms with Gasteiger partial charge >= 0.3 is 6.36 Å². The minimum Gasteiger partial charge on any atom is -0.405 e. The van der Waals surface area contributed by atoms with Crippen LogP contribution in [-0.2, 0) is 0 Å². The maximum atomic E-state index is 12.9. The van der Waals surface area contributed by atoms with Crippen LogP contribution in [0.5, 0.6) is 5.75 Å². The van der Waals surface area contributed by atoms with E-state index in [4.69, 9.17) is 0 Å². The van der Waals surface area contributed by atoms with E-state index in [1.807, 2.05) is 42.5 Å². The van der Waals surface area contributed by atoms with Crippen molar-refractivity contribution in [3.63, 3.8) is 0 Å². The molecule has 1 amide bonds. The van der Waals surface area contributed by atoms with E-state index in [-0.39, 0.29) is 11.1 Å². The number of halogens is 3.